The molecule has 8 unspecified atom stereocenters. The Morgan fingerprint density at radius 1 is 0.833 bits per heavy atom. The van der Waals surface area contributed by atoms with E-state index in [1.54, 1.807) is 19.9 Å². The minimum atomic E-state index is -1.49. The Morgan fingerprint density at radius 2 is 1.42 bits per heavy atom. The molecule has 2 bridgehead atoms. The Hall–Kier alpha value is -4.54. The average Bonchev–Trinajstić information content (AvgIpc) is 2.97. The number of hydrogen-bond donors (Lipinski definition) is 0. The number of carbonyl (C=O) groups is 6. The highest BCUT2D eigenvalue weighted by Crippen LogP contribution is 2.61. The van der Waals surface area contributed by atoms with Gasteiger partial charge in [-0.3, -0.25) is 24.0 Å². The normalized spacial score (nSPS) is 31.1. The summed E-state index contributed by atoms with van der Waals surface area (Å²) in [4.78, 5) is 78.0. The predicted octanol–water partition coefficient (Wildman–Crippen LogP) is 4.87. The molecule has 11 nitrogen and oxygen atoms in total. The van der Waals surface area contributed by atoms with Crippen molar-refractivity contribution in [3.05, 3.63) is 65.3 Å². The van der Waals surface area contributed by atoms with Gasteiger partial charge in [-0.25, -0.2) is 4.79 Å². The zero-order valence-electron chi connectivity index (χ0n) is 28.7. The quantitative estimate of drug-likeness (QED) is 0.170. The number of hydrogen-bond acceptors (Lipinski definition) is 11. The van der Waals surface area contributed by atoms with E-state index in [0.717, 1.165) is 5.56 Å². The van der Waals surface area contributed by atoms with E-state index < -0.39 is 83.0 Å². The molecule has 1 aromatic rings. The SMILES string of the molecule is C=C1C(OC(=O)/C=C/c2ccccc2)CC(OC(C)=O)C2(C)C(OC(C)=O)C(OC(C)=O)C3=C(C)C(=O)CC(C(OC(C)=O)C12)C3(C)C. The van der Waals surface area contributed by atoms with Crippen molar-refractivity contribution in [2.45, 2.75) is 98.8 Å². The number of ether oxygens (including phenoxy) is 5. The van der Waals surface area contributed by atoms with E-state index in [-0.39, 0.29) is 18.6 Å². The number of Topliss-reactive ketones (excluding diaryl/α,β-unsaturated/α-hetero) is 1. The third-order valence-corrected chi connectivity index (χ3v) is 10.0. The monoisotopic (exact) mass is 664 g/mol. The van der Waals surface area contributed by atoms with E-state index >= 15 is 0 Å². The van der Waals surface area contributed by atoms with E-state index in [4.69, 9.17) is 23.7 Å². The zero-order chi connectivity index (χ0) is 35.7. The fourth-order valence-corrected chi connectivity index (χ4v) is 8.00. The highest BCUT2D eigenvalue weighted by atomic mass is 16.6. The van der Waals surface area contributed by atoms with Gasteiger partial charge >= 0.3 is 29.8 Å². The standard InChI is InChI=1S/C37H44O11/c1-19-27(42)17-26-33(45-22(4)39)32-20(2)28(48-30(43)16-15-25-13-11-10-12-14-25)18-29(44-21(3)38)37(32,9)35(47-24(6)41)34(46-23(5)40)31(19)36(26,7)8/h10-16,26,28-29,32-35H,2,17-18H2,1,3-9H3/b16-15+. The Kier molecular flexibility index (Phi) is 10.5. The lowest BCUT2D eigenvalue weighted by Crippen LogP contribution is -2.68. The van der Waals surface area contributed by atoms with Crippen LogP contribution in [0.4, 0.5) is 0 Å². The summed E-state index contributed by atoms with van der Waals surface area (Å²) in [5.41, 5.74) is -0.644. The number of ketones is 1. The molecule has 0 spiro atoms. The summed E-state index contributed by atoms with van der Waals surface area (Å²) in [7, 11) is 0. The molecule has 3 aliphatic rings. The Morgan fingerprint density at radius 3 is 1.98 bits per heavy atom. The van der Waals surface area contributed by atoms with E-state index in [0.29, 0.717) is 16.7 Å². The molecule has 2 fully saturated rings. The second-order valence-electron chi connectivity index (χ2n) is 13.6. The minimum Gasteiger partial charge on any atom is -0.462 e. The van der Waals surface area contributed by atoms with Gasteiger partial charge in [-0.2, -0.15) is 0 Å². The van der Waals surface area contributed by atoms with Gasteiger partial charge in [-0.05, 0) is 40.7 Å². The number of fused-ring (bicyclic) bond motifs is 3. The minimum absolute atomic E-state index is 0.0341. The first-order valence-corrected chi connectivity index (χ1v) is 15.9. The van der Waals surface area contributed by atoms with Crippen molar-refractivity contribution in [3.63, 3.8) is 0 Å². The van der Waals surface area contributed by atoms with E-state index in [9.17, 15) is 28.8 Å². The Balaban J connectivity index is 1.98. The van der Waals surface area contributed by atoms with Crippen molar-refractivity contribution in [1.82, 2.24) is 0 Å². The molecule has 0 heterocycles. The van der Waals surface area contributed by atoms with Crippen molar-refractivity contribution in [1.29, 1.82) is 0 Å². The lowest BCUT2D eigenvalue weighted by atomic mass is 9.48. The van der Waals surface area contributed by atoms with Gasteiger partial charge in [0.1, 0.15) is 18.3 Å². The van der Waals surface area contributed by atoms with Gasteiger partial charge < -0.3 is 23.7 Å². The van der Waals surface area contributed by atoms with Crippen molar-refractivity contribution in [3.8, 4) is 0 Å². The molecule has 0 radical (unpaired) electrons. The smallest absolute Gasteiger partial charge is 0.331 e. The van der Waals surface area contributed by atoms with Crippen LogP contribution < -0.4 is 0 Å². The summed E-state index contributed by atoms with van der Waals surface area (Å²) < 4.78 is 30.0. The van der Waals surface area contributed by atoms with Crippen LogP contribution in [0.25, 0.3) is 6.08 Å². The lowest BCUT2D eigenvalue weighted by molar-refractivity contribution is -0.228. The van der Waals surface area contributed by atoms with Crippen LogP contribution >= 0.6 is 0 Å². The highest BCUT2D eigenvalue weighted by Gasteiger charge is 2.68. The third-order valence-electron chi connectivity index (χ3n) is 10.0. The van der Waals surface area contributed by atoms with Gasteiger partial charge in [0.05, 0.1) is 5.41 Å². The van der Waals surface area contributed by atoms with Crippen LogP contribution in [-0.4, -0.2) is 66.1 Å². The highest BCUT2D eigenvalue weighted by molar-refractivity contribution is 5.97. The first-order chi connectivity index (χ1) is 22.4. The van der Waals surface area contributed by atoms with Gasteiger partial charge in [0.2, 0.25) is 0 Å². The maximum absolute atomic E-state index is 13.7. The Labute approximate surface area is 280 Å². The molecule has 8 atom stereocenters. The molecule has 4 rings (SSSR count). The first-order valence-electron chi connectivity index (χ1n) is 15.9. The summed E-state index contributed by atoms with van der Waals surface area (Å²) in [6.07, 6.45) is -3.23. The van der Waals surface area contributed by atoms with Crippen LogP contribution in [0.3, 0.4) is 0 Å². The number of carbonyl (C=O) groups excluding carboxylic acids is 6. The summed E-state index contributed by atoms with van der Waals surface area (Å²) >= 11 is 0. The van der Waals surface area contributed by atoms with Crippen molar-refractivity contribution in [2.75, 3.05) is 0 Å². The van der Waals surface area contributed by atoms with Crippen LogP contribution in [0, 0.1) is 22.7 Å². The molecule has 0 saturated heterocycles. The van der Waals surface area contributed by atoms with Gasteiger partial charge in [-0.1, -0.05) is 57.7 Å². The number of allylic oxidation sites excluding steroid dienone is 1. The van der Waals surface area contributed by atoms with Crippen LogP contribution in [0.1, 0.15) is 73.8 Å². The van der Waals surface area contributed by atoms with E-state index in [1.165, 1.54) is 33.8 Å². The van der Waals surface area contributed by atoms with Crippen LogP contribution in [-0.2, 0) is 52.5 Å². The second kappa shape index (κ2) is 13.9. The predicted molar refractivity (Wildman–Crippen MR) is 173 cm³/mol. The molecular formula is C37H44O11. The van der Waals surface area contributed by atoms with Crippen LogP contribution in [0.5, 0.6) is 0 Å². The maximum atomic E-state index is 13.7. The van der Waals surface area contributed by atoms with Gasteiger partial charge in [0.15, 0.2) is 18.0 Å². The van der Waals surface area contributed by atoms with E-state index in [2.05, 4.69) is 6.58 Å². The average molecular weight is 665 g/mol. The zero-order valence-corrected chi connectivity index (χ0v) is 28.7. The van der Waals surface area contributed by atoms with Crippen molar-refractivity contribution in [2.24, 2.45) is 22.7 Å². The molecular weight excluding hydrogens is 620 g/mol. The molecule has 258 valence electrons. The Bertz CT molecular complexity index is 1570. The fourth-order valence-electron chi connectivity index (χ4n) is 8.00. The topological polar surface area (TPSA) is 149 Å². The van der Waals surface area contributed by atoms with Crippen molar-refractivity contribution < 1.29 is 52.5 Å². The van der Waals surface area contributed by atoms with Gasteiger partial charge in [0.25, 0.3) is 0 Å². The molecule has 1 aromatic carbocycles. The summed E-state index contributed by atoms with van der Waals surface area (Å²) in [6, 6.07) is 9.12. The molecule has 0 aromatic heterocycles. The molecule has 2 saturated carbocycles. The van der Waals surface area contributed by atoms with Crippen molar-refractivity contribution >= 4 is 41.7 Å². The second-order valence-corrected chi connectivity index (χ2v) is 13.6. The fraction of sp³-hybridized carbons (Fsp3) is 0.514. The van der Waals surface area contributed by atoms with Crippen LogP contribution in [0.2, 0.25) is 0 Å². The lowest BCUT2D eigenvalue weighted by Gasteiger charge is -2.60. The van der Waals surface area contributed by atoms with E-state index in [1.807, 2.05) is 44.2 Å². The number of rotatable bonds is 7. The molecule has 0 N–H and O–H groups in total. The first kappa shape index (κ1) is 36.3. The van der Waals surface area contributed by atoms with Gasteiger partial charge in [0, 0.05) is 58.4 Å². The molecule has 48 heavy (non-hydrogen) atoms. The molecule has 11 heteroatoms. The largest absolute Gasteiger partial charge is 0.462 e. The molecule has 3 aliphatic carbocycles. The number of benzene rings is 1. The van der Waals surface area contributed by atoms with Crippen LogP contribution in [0.15, 0.2) is 59.7 Å². The summed E-state index contributed by atoms with van der Waals surface area (Å²) in [6.45, 7) is 16.2. The molecule has 0 aliphatic heterocycles. The number of esters is 5. The molecule has 0 amide bonds. The van der Waals surface area contributed by atoms with Gasteiger partial charge in [-0.15, -0.1) is 0 Å². The summed E-state index contributed by atoms with van der Waals surface area (Å²) in [5, 5.41) is 0. The third kappa shape index (κ3) is 7.00. The maximum Gasteiger partial charge on any atom is 0.331 e. The summed E-state index contributed by atoms with van der Waals surface area (Å²) in [5.74, 6) is -5.45.